The monoisotopic (exact) mass is 352 g/mol. The highest BCUT2D eigenvalue weighted by atomic mass is 32.1. The minimum atomic E-state index is 0.283. The van der Waals surface area contributed by atoms with Gasteiger partial charge in [0.15, 0.2) is 0 Å². The van der Waals surface area contributed by atoms with Crippen LogP contribution in [0.3, 0.4) is 0 Å². The van der Waals surface area contributed by atoms with Crippen molar-refractivity contribution >= 4 is 27.4 Å². The zero-order valence-electron chi connectivity index (χ0n) is 14.1. The minimum Gasteiger partial charge on any atom is -0.490 e. The molecule has 0 aliphatic carbocycles. The summed E-state index contributed by atoms with van der Waals surface area (Å²) in [5.74, 6) is 1.98. The molecule has 1 atom stereocenters. The van der Waals surface area contributed by atoms with Crippen molar-refractivity contribution in [3.05, 3.63) is 46.1 Å². The van der Waals surface area contributed by atoms with Crippen LogP contribution in [-0.2, 0) is 25.9 Å². The maximum absolute atomic E-state index is 5.79. The van der Waals surface area contributed by atoms with E-state index in [4.69, 9.17) is 4.74 Å². The molecule has 0 saturated heterocycles. The molecule has 0 saturated carbocycles. The summed E-state index contributed by atoms with van der Waals surface area (Å²) in [5.41, 5.74) is 3.98. The molecule has 2 aliphatic rings. The fraction of sp³-hybridized carbons (Fsp3) is 0.368. The molecule has 0 radical (unpaired) electrons. The summed E-state index contributed by atoms with van der Waals surface area (Å²) < 4.78 is 5.79. The van der Waals surface area contributed by atoms with Gasteiger partial charge < -0.3 is 15.4 Å². The Bertz CT molecular complexity index is 952. The summed E-state index contributed by atoms with van der Waals surface area (Å²) in [5, 5.41) is 8.18. The summed E-state index contributed by atoms with van der Waals surface area (Å²) in [7, 11) is 0. The zero-order chi connectivity index (χ0) is 16.8. The van der Waals surface area contributed by atoms with Gasteiger partial charge in [-0.25, -0.2) is 9.97 Å². The van der Waals surface area contributed by atoms with E-state index in [1.54, 1.807) is 17.7 Å². The van der Waals surface area contributed by atoms with Crippen LogP contribution < -0.4 is 15.4 Å². The van der Waals surface area contributed by atoms with E-state index in [-0.39, 0.29) is 6.10 Å². The van der Waals surface area contributed by atoms with E-state index in [1.807, 2.05) is 0 Å². The van der Waals surface area contributed by atoms with Crippen molar-refractivity contribution in [2.45, 2.75) is 39.0 Å². The van der Waals surface area contributed by atoms with Crippen molar-refractivity contribution in [2.24, 2.45) is 0 Å². The van der Waals surface area contributed by atoms with E-state index in [9.17, 15) is 0 Å². The lowest BCUT2D eigenvalue weighted by molar-refractivity contribution is 0.254. The summed E-state index contributed by atoms with van der Waals surface area (Å²) >= 11 is 1.78. The summed E-state index contributed by atoms with van der Waals surface area (Å²) in [6, 6.07) is 6.47. The number of ether oxygens (including phenoxy) is 1. The van der Waals surface area contributed by atoms with Gasteiger partial charge >= 0.3 is 0 Å². The third kappa shape index (κ3) is 2.65. The van der Waals surface area contributed by atoms with Gasteiger partial charge in [0.2, 0.25) is 0 Å². The number of anilines is 1. The predicted octanol–water partition coefficient (Wildman–Crippen LogP) is 3.27. The highest BCUT2D eigenvalue weighted by Gasteiger charge is 2.21. The Balaban J connectivity index is 1.43. The van der Waals surface area contributed by atoms with E-state index >= 15 is 0 Å². The van der Waals surface area contributed by atoms with Crippen molar-refractivity contribution < 1.29 is 4.74 Å². The van der Waals surface area contributed by atoms with Gasteiger partial charge in [-0.1, -0.05) is 12.1 Å². The summed E-state index contributed by atoms with van der Waals surface area (Å²) in [6.45, 7) is 4.84. The highest BCUT2D eigenvalue weighted by Crippen LogP contribution is 2.36. The van der Waals surface area contributed by atoms with E-state index in [1.165, 1.54) is 27.0 Å². The Morgan fingerprint density at radius 1 is 1.36 bits per heavy atom. The number of fused-ring (bicyclic) bond motifs is 4. The van der Waals surface area contributed by atoms with Gasteiger partial charge in [-0.2, -0.15) is 0 Å². The van der Waals surface area contributed by atoms with Crippen LogP contribution in [-0.4, -0.2) is 22.6 Å². The number of hydrogen-bond acceptors (Lipinski definition) is 6. The molecule has 4 heterocycles. The average molecular weight is 352 g/mol. The lowest BCUT2D eigenvalue weighted by Gasteiger charge is -2.14. The van der Waals surface area contributed by atoms with Gasteiger partial charge in [-0.3, -0.25) is 0 Å². The molecule has 2 aromatic heterocycles. The smallest absolute Gasteiger partial charge is 0.138 e. The van der Waals surface area contributed by atoms with Crippen LogP contribution in [0.15, 0.2) is 24.5 Å². The molecule has 1 unspecified atom stereocenters. The first kappa shape index (κ1) is 15.1. The fourth-order valence-corrected chi connectivity index (χ4v) is 4.92. The van der Waals surface area contributed by atoms with Gasteiger partial charge in [0, 0.05) is 24.4 Å². The molecule has 3 aromatic rings. The molecular weight excluding hydrogens is 332 g/mol. The lowest BCUT2D eigenvalue weighted by Crippen LogP contribution is -2.22. The Kier molecular flexibility index (Phi) is 3.60. The highest BCUT2D eigenvalue weighted by molar-refractivity contribution is 7.18. The van der Waals surface area contributed by atoms with Crippen molar-refractivity contribution in [1.29, 1.82) is 0 Å². The second-order valence-electron chi connectivity index (χ2n) is 6.76. The summed E-state index contributed by atoms with van der Waals surface area (Å²) in [6.07, 6.45) is 3.99. The van der Waals surface area contributed by atoms with Crippen LogP contribution in [0.5, 0.6) is 5.75 Å². The molecule has 5 rings (SSSR count). The number of benzene rings is 1. The number of thiophene rings is 1. The van der Waals surface area contributed by atoms with E-state index < -0.39 is 0 Å². The second kappa shape index (κ2) is 5.97. The van der Waals surface area contributed by atoms with Crippen molar-refractivity contribution in [1.82, 2.24) is 15.3 Å². The molecule has 5 nitrogen and oxygen atoms in total. The first-order valence-corrected chi connectivity index (χ1v) is 9.58. The molecule has 6 heteroatoms. The lowest BCUT2D eigenvalue weighted by atomic mass is 10.1. The Morgan fingerprint density at radius 3 is 3.28 bits per heavy atom. The SMILES string of the molecule is CC1Cc2cc(CNc3ncnc4sc5c(c34)CCNC5)ccc2O1. The largest absolute Gasteiger partial charge is 0.490 e. The van der Waals surface area contributed by atoms with Gasteiger partial charge in [-0.05, 0) is 42.6 Å². The molecule has 2 N–H and O–H groups in total. The first-order valence-electron chi connectivity index (χ1n) is 8.76. The third-order valence-corrected chi connectivity index (χ3v) is 6.07. The summed E-state index contributed by atoms with van der Waals surface area (Å²) in [4.78, 5) is 11.5. The van der Waals surface area contributed by atoms with Crippen LogP contribution in [0.1, 0.15) is 28.5 Å². The van der Waals surface area contributed by atoms with Crippen LogP contribution >= 0.6 is 11.3 Å². The van der Waals surface area contributed by atoms with Crippen LogP contribution in [0, 0.1) is 0 Å². The molecule has 0 fully saturated rings. The minimum absolute atomic E-state index is 0.283. The molecule has 0 spiro atoms. The van der Waals surface area contributed by atoms with Gasteiger partial charge in [0.1, 0.15) is 28.8 Å². The van der Waals surface area contributed by atoms with Crippen LogP contribution in [0.4, 0.5) is 5.82 Å². The van der Waals surface area contributed by atoms with Crippen molar-refractivity contribution in [3.8, 4) is 5.75 Å². The van der Waals surface area contributed by atoms with Crippen LogP contribution in [0.25, 0.3) is 10.2 Å². The molecule has 1 aromatic carbocycles. The molecule has 128 valence electrons. The molecule has 0 bridgehead atoms. The zero-order valence-corrected chi connectivity index (χ0v) is 14.9. The van der Waals surface area contributed by atoms with Gasteiger partial charge in [0.25, 0.3) is 0 Å². The Hall–Kier alpha value is -2.18. The van der Waals surface area contributed by atoms with E-state index in [0.29, 0.717) is 0 Å². The first-order chi connectivity index (χ1) is 12.3. The van der Waals surface area contributed by atoms with E-state index in [2.05, 4.69) is 45.7 Å². The Morgan fingerprint density at radius 2 is 2.32 bits per heavy atom. The number of aromatic nitrogens is 2. The quantitative estimate of drug-likeness (QED) is 0.758. The maximum Gasteiger partial charge on any atom is 0.138 e. The normalized spacial score (nSPS) is 18.7. The number of nitrogens with zero attached hydrogens (tertiary/aromatic N) is 2. The number of hydrogen-bond donors (Lipinski definition) is 2. The number of nitrogens with one attached hydrogen (secondary N) is 2. The fourth-order valence-electron chi connectivity index (χ4n) is 3.76. The average Bonchev–Trinajstić information content (AvgIpc) is 3.18. The molecule has 25 heavy (non-hydrogen) atoms. The molecule has 2 aliphatic heterocycles. The number of rotatable bonds is 3. The standard InChI is InChI=1S/C19H20N4OS/c1-11-6-13-7-12(2-3-15(13)24-11)8-21-18-17-14-4-5-20-9-16(14)25-19(17)23-10-22-18/h2-3,7,10-11,20H,4-6,8-9H2,1H3,(H,21,22,23). The van der Waals surface area contributed by atoms with Crippen LogP contribution in [0.2, 0.25) is 0 Å². The van der Waals surface area contributed by atoms with E-state index in [0.717, 1.165) is 48.9 Å². The third-order valence-electron chi connectivity index (χ3n) is 4.93. The predicted molar refractivity (Wildman–Crippen MR) is 100 cm³/mol. The van der Waals surface area contributed by atoms with Gasteiger partial charge in [-0.15, -0.1) is 11.3 Å². The topological polar surface area (TPSA) is 59.1 Å². The molecule has 0 amide bonds. The second-order valence-corrected chi connectivity index (χ2v) is 7.84. The van der Waals surface area contributed by atoms with Crippen molar-refractivity contribution in [2.75, 3.05) is 11.9 Å². The molecular formula is C19H20N4OS. The van der Waals surface area contributed by atoms with Crippen molar-refractivity contribution in [3.63, 3.8) is 0 Å². The maximum atomic E-state index is 5.79. The Labute approximate surface area is 150 Å². The van der Waals surface area contributed by atoms with Gasteiger partial charge in [0.05, 0.1) is 5.39 Å².